The van der Waals surface area contributed by atoms with Gasteiger partial charge in [-0.25, -0.2) is 12.7 Å². The first-order valence-corrected chi connectivity index (χ1v) is 13.7. The molecule has 0 spiro atoms. The van der Waals surface area contributed by atoms with Crippen LogP contribution >= 0.6 is 23.4 Å². The summed E-state index contributed by atoms with van der Waals surface area (Å²) in [4.78, 5) is 12.8. The first-order chi connectivity index (χ1) is 17.1. The average molecular weight is 542 g/mol. The summed E-state index contributed by atoms with van der Waals surface area (Å²) < 4.78 is 27.5. The molecule has 1 N–H and O–H groups in total. The quantitative estimate of drug-likeness (QED) is 0.319. The number of carbonyl (C=O) groups excluding carboxylic acids is 1. The molecule has 3 aromatic carbocycles. The number of halogens is 1. The second-order valence-electron chi connectivity index (χ2n) is 8.13. The van der Waals surface area contributed by atoms with E-state index < -0.39 is 10.0 Å². The van der Waals surface area contributed by atoms with Gasteiger partial charge >= 0.3 is 0 Å². The monoisotopic (exact) mass is 541 g/mol. The Morgan fingerprint density at radius 2 is 1.61 bits per heavy atom. The van der Waals surface area contributed by atoms with E-state index in [0.29, 0.717) is 21.7 Å². The Kier molecular flexibility index (Phi) is 7.79. The van der Waals surface area contributed by atoms with Crippen molar-refractivity contribution < 1.29 is 13.2 Å². The molecule has 0 fully saturated rings. The van der Waals surface area contributed by atoms with Crippen LogP contribution in [0, 0.1) is 6.92 Å². The smallest absolute Gasteiger partial charge is 0.242 e. The van der Waals surface area contributed by atoms with Gasteiger partial charge in [-0.2, -0.15) is 0 Å². The number of benzene rings is 3. The van der Waals surface area contributed by atoms with E-state index in [1.54, 1.807) is 24.3 Å². The number of hydrogen-bond donors (Lipinski definition) is 1. The summed E-state index contributed by atoms with van der Waals surface area (Å²) in [7, 11) is -0.598. The fourth-order valence-corrected chi connectivity index (χ4v) is 5.10. The van der Waals surface area contributed by atoms with E-state index in [9.17, 15) is 13.2 Å². The van der Waals surface area contributed by atoms with Gasteiger partial charge in [0.1, 0.15) is 0 Å². The predicted molar refractivity (Wildman–Crippen MR) is 143 cm³/mol. The van der Waals surface area contributed by atoms with E-state index in [4.69, 9.17) is 11.6 Å². The van der Waals surface area contributed by atoms with Crippen molar-refractivity contribution in [3.05, 3.63) is 83.4 Å². The lowest BCUT2D eigenvalue weighted by Crippen LogP contribution is -2.22. The number of amides is 1. The highest BCUT2D eigenvalue weighted by Crippen LogP contribution is 2.29. The van der Waals surface area contributed by atoms with Crippen LogP contribution in [0.1, 0.15) is 5.56 Å². The molecule has 0 radical (unpaired) electrons. The fourth-order valence-electron chi connectivity index (χ4n) is 3.32. The summed E-state index contributed by atoms with van der Waals surface area (Å²) in [6, 6.07) is 21.3. The third-order valence-corrected chi connectivity index (χ3v) is 8.29. The standard InChI is InChI=1S/C25H24ClN5O3S2/c1-17-4-12-21(13-5-17)31-24(18-6-8-19(26)9-7-18)28-29-25(31)35-16-23(32)27-20-10-14-22(15-11-20)36(33,34)30(2)3/h4-15H,16H2,1-3H3,(H,27,32). The van der Waals surface area contributed by atoms with E-state index in [0.717, 1.165) is 21.1 Å². The normalized spacial score (nSPS) is 11.6. The number of rotatable bonds is 8. The minimum Gasteiger partial charge on any atom is -0.325 e. The van der Waals surface area contributed by atoms with Gasteiger partial charge in [0.2, 0.25) is 15.9 Å². The highest BCUT2D eigenvalue weighted by atomic mass is 35.5. The Morgan fingerprint density at radius 1 is 0.972 bits per heavy atom. The van der Waals surface area contributed by atoms with E-state index in [2.05, 4.69) is 15.5 Å². The van der Waals surface area contributed by atoms with E-state index in [1.807, 2.05) is 47.9 Å². The number of carbonyl (C=O) groups is 1. The molecule has 4 aromatic rings. The highest BCUT2D eigenvalue weighted by Gasteiger charge is 2.19. The largest absolute Gasteiger partial charge is 0.325 e. The molecule has 186 valence electrons. The molecule has 0 saturated carbocycles. The van der Waals surface area contributed by atoms with Crippen molar-refractivity contribution in [3.8, 4) is 17.1 Å². The van der Waals surface area contributed by atoms with Gasteiger partial charge in [0.25, 0.3) is 0 Å². The molecule has 0 aliphatic carbocycles. The van der Waals surface area contributed by atoms with Crippen molar-refractivity contribution >= 4 is 45.0 Å². The number of aryl methyl sites for hydroxylation is 1. The molecule has 0 aliphatic heterocycles. The SMILES string of the molecule is Cc1ccc(-n2c(SCC(=O)Nc3ccc(S(=O)(=O)N(C)C)cc3)nnc2-c2ccc(Cl)cc2)cc1. The topological polar surface area (TPSA) is 97.2 Å². The van der Waals surface area contributed by atoms with Crippen LogP contribution in [0.25, 0.3) is 17.1 Å². The van der Waals surface area contributed by atoms with Gasteiger partial charge < -0.3 is 5.32 Å². The molecule has 4 rings (SSSR count). The Hall–Kier alpha value is -3.18. The third kappa shape index (κ3) is 5.79. The Bertz CT molecular complexity index is 1470. The zero-order valence-electron chi connectivity index (χ0n) is 19.8. The number of thioether (sulfide) groups is 1. The van der Waals surface area contributed by atoms with Gasteiger partial charge in [0.05, 0.1) is 10.6 Å². The van der Waals surface area contributed by atoms with Crippen LogP contribution in [0.5, 0.6) is 0 Å². The van der Waals surface area contributed by atoms with Crippen LogP contribution in [0.4, 0.5) is 5.69 Å². The van der Waals surface area contributed by atoms with Crippen LogP contribution in [0.2, 0.25) is 5.02 Å². The van der Waals surface area contributed by atoms with Gasteiger partial charge in [0.15, 0.2) is 11.0 Å². The molecule has 0 bridgehead atoms. The molecular formula is C25H24ClN5O3S2. The maximum Gasteiger partial charge on any atom is 0.242 e. The maximum atomic E-state index is 12.7. The number of nitrogens with zero attached hydrogens (tertiary/aromatic N) is 4. The molecule has 8 nitrogen and oxygen atoms in total. The number of aromatic nitrogens is 3. The number of sulfonamides is 1. The lowest BCUT2D eigenvalue weighted by molar-refractivity contribution is -0.113. The minimum absolute atomic E-state index is 0.0857. The summed E-state index contributed by atoms with van der Waals surface area (Å²) in [5.74, 6) is 0.466. The second-order valence-corrected chi connectivity index (χ2v) is 11.7. The highest BCUT2D eigenvalue weighted by molar-refractivity contribution is 7.99. The zero-order chi connectivity index (χ0) is 25.9. The molecular weight excluding hydrogens is 518 g/mol. The van der Waals surface area contributed by atoms with Crippen molar-refractivity contribution in [2.45, 2.75) is 17.0 Å². The van der Waals surface area contributed by atoms with Gasteiger partial charge in [-0.1, -0.05) is 41.1 Å². The molecule has 0 saturated heterocycles. The molecule has 0 atom stereocenters. The fraction of sp³-hybridized carbons (Fsp3) is 0.160. The Morgan fingerprint density at radius 3 is 2.22 bits per heavy atom. The van der Waals surface area contributed by atoms with E-state index >= 15 is 0 Å². The van der Waals surface area contributed by atoms with Crippen LogP contribution < -0.4 is 5.32 Å². The van der Waals surface area contributed by atoms with Gasteiger partial charge in [-0.15, -0.1) is 10.2 Å². The second kappa shape index (κ2) is 10.8. The molecule has 0 unspecified atom stereocenters. The molecule has 1 amide bonds. The summed E-state index contributed by atoms with van der Waals surface area (Å²) in [6.07, 6.45) is 0. The Labute approximate surface area is 219 Å². The van der Waals surface area contributed by atoms with Crippen molar-refractivity contribution in [2.24, 2.45) is 0 Å². The predicted octanol–water partition coefficient (Wildman–Crippen LogP) is 4.88. The van der Waals surface area contributed by atoms with E-state index in [1.165, 1.54) is 38.0 Å². The van der Waals surface area contributed by atoms with E-state index in [-0.39, 0.29) is 16.6 Å². The molecule has 36 heavy (non-hydrogen) atoms. The van der Waals surface area contributed by atoms with Crippen LogP contribution in [0.3, 0.4) is 0 Å². The minimum atomic E-state index is -3.53. The van der Waals surface area contributed by atoms with Crippen LogP contribution in [-0.4, -0.2) is 53.2 Å². The summed E-state index contributed by atoms with van der Waals surface area (Å²) in [5, 5.41) is 12.7. The molecule has 0 aliphatic rings. The molecule has 1 heterocycles. The maximum absolute atomic E-state index is 12.7. The van der Waals surface area contributed by atoms with Crippen LogP contribution in [-0.2, 0) is 14.8 Å². The summed E-state index contributed by atoms with van der Waals surface area (Å²) >= 11 is 7.30. The van der Waals surface area contributed by atoms with Crippen molar-refractivity contribution in [2.75, 3.05) is 25.2 Å². The van der Waals surface area contributed by atoms with Gasteiger partial charge in [-0.05, 0) is 67.6 Å². The molecule has 1 aromatic heterocycles. The number of nitrogens with one attached hydrogen (secondary N) is 1. The lowest BCUT2D eigenvalue weighted by Gasteiger charge is -2.12. The van der Waals surface area contributed by atoms with Gasteiger partial charge in [-0.3, -0.25) is 9.36 Å². The lowest BCUT2D eigenvalue weighted by atomic mass is 10.2. The average Bonchev–Trinajstić information content (AvgIpc) is 3.28. The van der Waals surface area contributed by atoms with Crippen molar-refractivity contribution in [3.63, 3.8) is 0 Å². The van der Waals surface area contributed by atoms with Gasteiger partial charge in [0, 0.05) is 36.1 Å². The third-order valence-electron chi connectivity index (χ3n) is 5.28. The number of anilines is 1. The summed E-state index contributed by atoms with van der Waals surface area (Å²) in [6.45, 7) is 2.01. The van der Waals surface area contributed by atoms with Crippen LogP contribution in [0.15, 0.2) is 82.8 Å². The molecule has 11 heteroatoms. The summed E-state index contributed by atoms with van der Waals surface area (Å²) in [5.41, 5.74) is 3.34. The zero-order valence-corrected chi connectivity index (χ0v) is 22.2. The number of hydrogen-bond acceptors (Lipinski definition) is 6. The van der Waals surface area contributed by atoms with Crippen molar-refractivity contribution in [1.29, 1.82) is 0 Å². The first-order valence-electron chi connectivity index (χ1n) is 10.9. The van der Waals surface area contributed by atoms with Crippen molar-refractivity contribution in [1.82, 2.24) is 19.1 Å². The Balaban J connectivity index is 1.52. The first kappa shape index (κ1) is 25.9.